The molecule has 1 aliphatic rings. The monoisotopic (exact) mass is 466 g/mol. The molecule has 0 bridgehead atoms. The molecule has 31 heavy (non-hydrogen) atoms. The van der Waals surface area contributed by atoms with E-state index < -0.39 is 0 Å². The van der Waals surface area contributed by atoms with Crippen LogP contribution in [-0.4, -0.2) is 64.7 Å². The minimum atomic E-state index is -0.0189. The highest BCUT2D eigenvalue weighted by atomic mass is 35.5. The van der Waals surface area contributed by atoms with E-state index in [4.69, 9.17) is 16.3 Å². The third-order valence-corrected chi connectivity index (χ3v) is 5.49. The first-order chi connectivity index (χ1) is 14.5. The zero-order valence-electron chi connectivity index (χ0n) is 18.6. The summed E-state index contributed by atoms with van der Waals surface area (Å²) in [6.07, 6.45) is 0.960. The van der Waals surface area contributed by atoms with Gasteiger partial charge in [0.05, 0.1) is 24.0 Å². The molecular formula is C23H32Cl2N4O2. The summed E-state index contributed by atoms with van der Waals surface area (Å²) in [4.78, 5) is 17.0. The van der Waals surface area contributed by atoms with Crippen molar-refractivity contribution in [3.05, 3.63) is 40.9 Å². The molecule has 1 amide bonds. The van der Waals surface area contributed by atoms with Gasteiger partial charge in [0.25, 0.3) is 5.91 Å². The molecule has 8 heteroatoms. The number of amides is 1. The van der Waals surface area contributed by atoms with Gasteiger partial charge in [-0.2, -0.15) is 0 Å². The number of anilines is 2. The molecule has 2 aromatic rings. The summed E-state index contributed by atoms with van der Waals surface area (Å²) in [7, 11) is 5.23. The number of nitrogens with zero attached hydrogens (tertiary/aromatic N) is 2. The van der Waals surface area contributed by atoms with Crippen molar-refractivity contribution in [2.75, 3.05) is 64.1 Å². The Bertz CT molecular complexity index is 899. The number of methoxy groups -OCH3 is 1. The largest absolute Gasteiger partial charge is 0.496 e. The van der Waals surface area contributed by atoms with Crippen LogP contribution in [-0.2, 0) is 0 Å². The van der Waals surface area contributed by atoms with E-state index in [-0.39, 0.29) is 18.3 Å². The second kappa shape index (κ2) is 11.5. The van der Waals surface area contributed by atoms with Crippen molar-refractivity contribution in [3.63, 3.8) is 0 Å². The number of rotatable bonds is 7. The molecular weight excluding hydrogens is 435 g/mol. The highest BCUT2D eigenvalue weighted by Gasteiger charge is 2.26. The fourth-order valence-corrected chi connectivity index (χ4v) is 3.94. The van der Waals surface area contributed by atoms with E-state index in [0.717, 1.165) is 67.4 Å². The topological polar surface area (TPSA) is 56.8 Å². The van der Waals surface area contributed by atoms with Gasteiger partial charge in [-0.1, -0.05) is 24.6 Å². The molecule has 0 saturated carbocycles. The third-order valence-electron chi connectivity index (χ3n) is 5.25. The van der Waals surface area contributed by atoms with Gasteiger partial charge in [-0.3, -0.25) is 4.79 Å². The molecule has 0 atom stereocenters. The highest BCUT2D eigenvalue weighted by Crippen LogP contribution is 2.44. The molecule has 2 N–H and O–H groups in total. The van der Waals surface area contributed by atoms with Gasteiger partial charge in [-0.15, -0.1) is 12.4 Å². The molecule has 3 rings (SSSR count). The lowest BCUT2D eigenvalue weighted by molar-refractivity contribution is 0.0828. The Morgan fingerprint density at radius 3 is 2.52 bits per heavy atom. The molecule has 0 radical (unpaired) electrons. The first-order valence-corrected chi connectivity index (χ1v) is 10.8. The van der Waals surface area contributed by atoms with E-state index in [2.05, 4.69) is 22.5 Å². The predicted octanol–water partition coefficient (Wildman–Crippen LogP) is 4.37. The van der Waals surface area contributed by atoms with Crippen LogP contribution in [0.15, 0.2) is 30.3 Å². The van der Waals surface area contributed by atoms with E-state index in [1.165, 1.54) is 0 Å². The fraction of sp³-hybridized carbons (Fsp3) is 0.435. The molecule has 2 aromatic carbocycles. The van der Waals surface area contributed by atoms with E-state index in [1.54, 1.807) is 26.1 Å². The van der Waals surface area contributed by atoms with Crippen LogP contribution < -0.4 is 20.3 Å². The van der Waals surface area contributed by atoms with E-state index in [9.17, 15) is 4.79 Å². The lowest BCUT2D eigenvalue weighted by Gasteiger charge is -2.34. The molecule has 1 saturated heterocycles. The zero-order chi connectivity index (χ0) is 21.7. The van der Waals surface area contributed by atoms with Crippen LogP contribution in [0.1, 0.15) is 23.7 Å². The van der Waals surface area contributed by atoms with Crippen LogP contribution in [0.4, 0.5) is 11.4 Å². The van der Waals surface area contributed by atoms with Gasteiger partial charge < -0.3 is 25.2 Å². The lowest BCUT2D eigenvalue weighted by Crippen LogP contribution is -2.44. The van der Waals surface area contributed by atoms with Gasteiger partial charge in [0.1, 0.15) is 5.75 Å². The van der Waals surface area contributed by atoms with Crippen molar-refractivity contribution >= 4 is 41.3 Å². The van der Waals surface area contributed by atoms with Gasteiger partial charge in [-0.05, 0) is 30.7 Å². The normalized spacial score (nSPS) is 13.4. The molecule has 0 aromatic heterocycles. The number of nitrogens with one attached hydrogen (secondary N) is 2. The van der Waals surface area contributed by atoms with Gasteiger partial charge in [0.15, 0.2) is 0 Å². The molecule has 1 heterocycles. The average Bonchev–Trinajstić information content (AvgIpc) is 2.77. The van der Waals surface area contributed by atoms with Crippen LogP contribution in [0.3, 0.4) is 0 Å². The van der Waals surface area contributed by atoms with Crippen molar-refractivity contribution in [1.82, 2.24) is 10.2 Å². The van der Waals surface area contributed by atoms with Crippen LogP contribution in [0.2, 0.25) is 5.02 Å². The molecule has 6 nitrogen and oxygen atoms in total. The second-order valence-corrected chi connectivity index (χ2v) is 8.03. The maximum Gasteiger partial charge on any atom is 0.255 e. The van der Waals surface area contributed by atoms with Crippen molar-refractivity contribution in [2.24, 2.45) is 0 Å². The molecule has 0 aliphatic carbocycles. The number of ether oxygens (including phenoxy) is 1. The summed E-state index contributed by atoms with van der Waals surface area (Å²) in [5.74, 6) is 0.735. The summed E-state index contributed by atoms with van der Waals surface area (Å²) in [6, 6.07) is 9.56. The highest BCUT2D eigenvalue weighted by molar-refractivity contribution is 6.31. The van der Waals surface area contributed by atoms with E-state index in [0.29, 0.717) is 10.6 Å². The Balaban J connectivity index is 0.00000341. The number of carbonyl (C=O) groups is 1. The van der Waals surface area contributed by atoms with Crippen LogP contribution in [0.5, 0.6) is 5.75 Å². The smallest absolute Gasteiger partial charge is 0.255 e. The number of piperazine rings is 1. The van der Waals surface area contributed by atoms with Crippen molar-refractivity contribution in [1.29, 1.82) is 0 Å². The molecule has 170 valence electrons. The molecule has 0 unspecified atom stereocenters. The van der Waals surface area contributed by atoms with Crippen molar-refractivity contribution in [2.45, 2.75) is 13.3 Å². The maximum atomic E-state index is 13.0. The van der Waals surface area contributed by atoms with Crippen LogP contribution in [0, 0.1) is 0 Å². The minimum absolute atomic E-state index is 0. The van der Waals surface area contributed by atoms with Crippen molar-refractivity contribution < 1.29 is 9.53 Å². The Kier molecular flexibility index (Phi) is 9.29. The summed E-state index contributed by atoms with van der Waals surface area (Å²) >= 11 is 6.35. The number of halogens is 2. The quantitative estimate of drug-likeness (QED) is 0.634. The zero-order valence-corrected chi connectivity index (χ0v) is 20.2. The number of hydrogen-bond acceptors (Lipinski definition) is 5. The Labute approximate surface area is 196 Å². The standard InChI is InChI=1S/C23H31ClN4O2.ClH/c1-5-10-26-21-18(23(29)27(2)3)8-7-17(22(21)28-13-11-25-12-14-28)19-15-16(24)6-9-20(19)30-4;/h6-9,15,25-26H,5,10-14H2,1-4H3;1H. The predicted molar refractivity (Wildman–Crippen MR) is 133 cm³/mol. The molecule has 1 fully saturated rings. The lowest BCUT2D eigenvalue weighted by atomic mass is 9.96. The van der Waals surface area contributed by atoms with Crippen LogP contribution >= 0.6 is 24.0 Å². The van der Waals surface area contributed by atoms with Gasteiger partial charge in [0, 0.05) is 63.0 Å². The van der Waals surface area contributed by atoms with Gasteiger partial charge in [-0.25, -0.2) is 0 Å². The first-order valence-electron chi connectivity index (χ1n) is 10.4. The van der Waals surface area contributed by atoms with Crippen molar-refractivity contribution in [3.8, 4) is 16.9 Å². The summed E-state index contributed by atoms with van der Waals surface area (Å²) in [5, 5.41) is 7.60. The van der Waals surface area contributed by atoms with Gasteiger partial charge >= 0.3 is 0 Å². The number of hydrogen-bond donors (Lipinski definition) is 2. The van der Waals surface area contributed by atoms with E-state index in [1.807, 2.05) is 30.3 Å². The number of benzene rings is 2. The van der Waals surface area contributed by atoms with Gasteiger partial charge in [0.2, 0.25) is 0 Å². The Morgan fingerprint density at radius 2 is 1.90 bits per heavy atom. The average molecular weight is 467 g/mol. The summed E-state index contributed by atoms with van der Waals surface area (Å²) in [6.45, 7) is 6.40. The second-order valence-electron chi connectivity index (χ2n) is 7.59. The third kappa shape index (κ3) is 5.56. The summed E-state index contributed by atoms with van der Waals surface area (Å²) < 4.78 is 5.65. The first kappa shape index (κ1) is 25.1. The Morgan fingerprint density at radius 1 is 1.19 bits per heavy atom. The van der Waals surface area contributed by atoms with Crippen LogP contribution in [0.25, 0.3) is 11.1 Å². The fourth-order valence-electron chi connectivity index (χ4n) is 3.76. The SMILES string of the molecule is CCCNc1c(C(=O)N(C)C)ccc(-c2cc(Cl)ccc2OC)c1N1CCNCC1.Cl. The Hall–Kier alpha value is -2.15. The molecule has 1 aliphatic heterocycles. The minimum Gasteiger partial charge on any atom is -0.496 e. The maximum absolute atomic E-state index is 13.0. The number of carbonyl (C=O) groups excluding carboxylic acids is 1. The summed E-state index contributed by atoms with van der Waals surface area (Å²) in [5.41, 5.74) is 4.49. The van der Waals surface area contributed by atoms with E-state index >= 15 is 0 Å². The molecule has 0 spiro atoms.